The quantitative estimate of drug-likeness (QED) is 0.613. The van der Waals surface area contributed by atoms with Gasteiger partial charge in [-0.2, -0.15) is 0 Å². The van der Waals surface area contributed by atoms with Crippen molar-refractivity contribution in [2.45, 2.75) is 58.4 Å². The van der Waals surface area contributed by atoms with Crippen LogP contribution in [0.4, 0.5) is 0 Å². The Morgan fingerprint density at radius 2 is 1.86 bits per heavy atom. The molecule has 0 aliphatic carbocycles. The molecule has 2 nitrogen and oxygen atoms in total. The fraction of sp³-hybridized carbons (Fsp3) is 0.526. The Labute approximate surface area is 129 Å². The first-order valence-electron chi connectivity index (χ1n) is 8.36. The molecule has 0 aliphatic heterocycles. The van der Waals surface area contributed by atoms with Gasteiger partial charge < -0.3 is 4.57 Å². The average Bonchev–Trinajstić information content (AvgIpc) is 3.04. The van der Waals surface area contributed by atoms with Crippen LogP contribution in [-0.4, -0.2) is 9.55 Å². The Kier molecular flexibility index (Phi) is 6.52. The summed E-state index contributed by atoms with van der Waals surface area (Å²) in [5.41, 5.74) is 1.46. The molecule has 2 heteroatoms. The van der Waals surface area contributed by atoms with E-state index in [2.05, 4.69) is 59.9 Å². The second-order valence-corrected chi connectivity index (χ2v) is 5.96. The summed E-state index contributed by atoms with van der Waals surface area (Å²) in [5.74, 6) is 0.696. The van der Waals surface area contributed by atoms with E-state index in [0.717, 1.165) is 0 Å². The number of hydrogen-bond acceptors (Lipinski definition) is 1. The SMILES string of the molecule is CCCCC(Cc1ccccc1)C(CCC)n1ccnc1. The van der Waals surface area contributed by atoms with E-state index < -0.39 is 0 Å². The summed E-state index contributed by atoms with van der Waals surface area (Å²) in [6.07, 6.45) is 13.5. The predicted molar refractivity (Wildman–Crippen MR) is 89.3 cm³/mol. The molecule has 114 valence electrons. The Hall–Kier alpha value is -1.57. The average molecular weight is 284 g/mol. The number of hydrogen-bond donors (Lipinski definition) is 0. The van der Waals surface area contributed by atoms with Crippen LogP contribution in [0.25, 0.3) is 0 Å². The number of rotatable bonds is 9. The molecule has 2 atom stereocenters. The summed E-state index contributed by atoms with van der Waals surface area (Å²) in [4.78, 5) is 4.26. The lowest BCUT2D eigenvalue weighted by molar-refractivity contribution is 0.283. The lowest BCUT2D eigenvalue weighted by Crippen LogP contribution is -2.21. The van der Waals surface area contributed by atoms with Crippen LogP contribution in [0, 0.1) is 5.92 Å². The number of unbranched alkanes of at least 4 members (excludes halogenated alkanes) is 1. The molecule has 1 aromatic heterocycles. The smallest absolute Gasteiger partial charge is 0.0948 e. The fourth-order valence-corrected chi connectivity index (χ4v) is 3.20. The minimum atomic E-state index is 0.573. The zero-order chi connectivity index (χ0) is 14.9. The molecule has 0 amide bonds. The molecule has 0 fully saturated rings. The van der Waals surface area contributed by atoms with Crippen molar-refractivity contribution in [2.75, 3.05) is 0 Å². The van der Waals surface area contributed by atoms with Crippen LogP contribution >= 0.6 is 0 Å². The zero-order valence-corrected chi connectivity index (χ0v) is 13.4. The molecule has 0 saturated heterocycles. The molecule has 1 heterocycles. The van der Waals surface area contributed by atoms with E-state index in [-0.39, 0.29) is 0 Å². The van der Waals surface area contributed by atoms with Gasteiger partial charge in [-0.1, -0.05) is 63.4 Å². The van der Waals surface area contributed by atoms with E-state index in [0.29, 0.717) is 12.0 Å². The maximum atomic E-state index is 4.26. The van der Waals surface area contributed by atoms with E-state index in [1.165, 1.54) is 44.1 Å². The molecule has 0 spiro atoms. The van der Waals surface area contributed by atoms with Crippen LogP contribution < -0.4 is 0 Å². The van der Waals surface area contributed by atoms with Gasteiger partial charge in [0.25, 0.3) is 0 Å². The van der Waals surface area contributed by atoms with Gasteiger partial charge in [0.1, 0.15) is 0 Å². The first-order valence-corrected chi connectivity index (χ1v) is 8.36. The normalized spacial score (nSPS) is 14.0. The molecule has 2 rings (SSSR count). The number of nitrogens with zero attached hydrogens (tertiary/aromatic N) is 2. The van der Waals surface area contributed by atoms with Crippen molar-refractivity contribution in [1.82, 2.24) is 9.55 Å². The van der Waals surface area contributed by atoms with E-state index in [1.54, 1.807) is 0 Å². The van der Waals surface area contributed by atoms with Crippen molar-refractivity contribution >= 4 is 0 Å². The lowest BCUT2D eigenvalue weighted by atomic mass is 9.85. The summed E-state index contributed by atoms with van der Waals surface area (Å²) in [5, 5.41) is 0. The monoisotopic (exact) mass is 284 g/mol. The van der Waals surface area contributed by atoms with Gasteiger partial charge in [0, 0.05) is 18.4 Å². The van der Waals surface area contributed by atoms with Crippen molar-refractivity contribution in [3.05, 3.63) is 54.6 Å². The van der Waals surface area contributed by atoms with E-state index >= 15 is 0 Å². The van der Waals surface area contributed by atoms with Gasteiger partial charge in [-0.25, -0.2) is 4.98 Å². The summed E-state index contributed by atoms with van der Waals surface area (Å²) in [7, 11) is 0. The van der Waals surface area contributed by atoms with Gasteiger partial charge in [-0.3, -0.25) is 0 Å². The van der Waals surface area contributed by atoms with E-state index in [4.69, 9.17) is 0 Å². The van der Waals surface area contributed by atoms with Gasteiger partial charge in [-0.05, 0) is 30.7 Å². The Balaban J connectivity index is 2.15. The predicted octanol–water partition coefficient (Wildman–Crippen LogP) is 5.27. The van der Waals surface area contributed by atoms with Crippen LogP contribution in [-0.2, 0) is 6.42 Å². The van der Waals surface area contributed by atoms with E-state index in [1.807, 2.05) is 12.5 Å². The van der Waals surface area contributed by atoms with Gasteiger partial charge in [0.15, 0.2) is 0 Å². The second-order valence-electron chi connectivity index (χ2n) is 5.96. The minimum absolute atomic E-state index is 0.573. The van der Waals surface area contributed by atoms with E-state index in [9.17, 15) is 0 Å². The highest BCUT2D eigenvalue weighted by molar-refractivity contribution is 5.15. The first-order chi connectivity index (χ1) is 10.3. The molecular formula is C19H28N2. The standard InChI is InChI=1S/C19H28N2/c1-3-5-12-18(15-17-10-7-6-8-11-17)19(9-4-2)21-14-13-20-16-21/h6-8,10-11,13-14,16,18-19H,3-5,9,12,15H2,1-2H3. The van der Waals surface area contributed by atoms with Crippen molar-refractivity contribution in [3.63, 3.8) is 0 Å². The highest BCUT2D eigenvalue weighted by Gasteiger charge is 2.22. The molecule has 2 unspecified atom stereocenters. The zero-order valence-electron chi connectivity index (χ0n) is 13.4. The molecule has 0 aliphatic rings. The molecule has 21 heavy (non-hydrogen) atoms. The lowest BCUT2D eigenvalue weighted by Gasteiger charge is -2.28. The van der Waals surface area contributed by atoms with Crippen molar-refractivity contribution in [1.29, 1.82) is 0 Å². The minimum Gasteiger partial charge on any atom is -0.334 e. The molecular weight excluding hydrogens is 256 g/mol. The van der Waals surface area contributed by atoms with Crippen LogP contribution in [0.5, 0.6) is 0 Å². The third-order valence-corrected chi connectivity index (χ3v) is 4.31. The van der Waals surface area contributed by atoms with Gasteiger partial charge in [0.2, 0.25) is 0 Å². The van der Waals surface area contributed by atoms with Crippen molar-refractivity contribution in [2.24, 2.45) is 5.92 Å². The molecule has 0 N–H and O–H groups in total. The highest BCUT2D eigenvalue weighted by Crippen LogP contribution is 2.30. The topological polar surface area (TPSA) is 17.8 Å². The molecule has 0 bridgehead atoms. The molecule has 1 aromatic carbocycles. The van der Waals surface area contributed by atoms with Crippen molar-refractivity contribution in [3.8, 4) is 0 Å². The van der Waals surface area contributed by atoms with Crippen LogP contribution in [0.15, 0.2) is 49.1 Å². The molecule has 0 radical (unpaired) electrons. The molecule has 0 saturated carbocycles. The Morgan fingerprint density at radius 1 is 1.05 bits per heavy atom. The summed E-state index contributed by atoms with van der Waals surface area (Å²) in [6, 6.07) is 11.5. The number of imidazole rings is 1. The van der Waals surface area contributed by atoms with Crippen LogP contribution in [0.3, 0.4) is 0 Å². The summed E-state index contributed by atoms with van der Waals surface area (Å²) >= 11 is 0. The third kappa shape index (κ3) is 4.73. The second kappa shape index (κ2) is 8.66. The summed E-state index contributed by atoms with van der Waals surface area (Å²) < 4.78 is 2.33. The van der Waals surface area contributed by atoms with Crippen LogP contribution in [0.1, 0.15) is 57.6 Å². The number of aromatic nitrogens is 2. The Morgan fingerprint density at radius 3 is 2.48 bits per heavy atom. The largest absolute Gasteiger partial charge is 0.334 e. The number of benzene rings is 1. The third-order valence-electron chi connectivity index (χ3n) is 4.31. The van der Waals surface area contributed by atoms with Crippen LogP contribution in [0.2, 0.25) is 0 Å². The Bertz CT molecular complexity index is 476. The molecule has 2 aromatic rings. The van der Waals surface area contributed by atoms with Crippen molar-refractivity contribution < 1.29 is 0 Å². The maximum absolute atomic E-state index is 4.26. The first kappa shape index (κ1) is 15.8. The fourth-order valence-electron chi connectivity index (χ4n) is 3.20. The van der Waals surface area contributed by atoms with Gasteiger partial charge in [0.05, 0.1) is 6.33 Å². The van der Waals surface area contributed by atoms with Gasteiger partial charge >= 0.3 is 0 Å². The highest BCUT2D eigenvalue weighted by atomic mass is 15.1. The van der Waals surface area contributed by atoms with Gasteiger partial charge in [-0.15, -0.1) is 0 Å². The summed E-state index contributed by atoms with van der Waals surface area (Å²) in [6.45, 7) is 4.56. The maximum Gasteiger partial charge on any atom is 0.0948 e.